The maximum atomic E-state index is 12.2. The topological polar surface area (TPSA) is 63.5 Å². The van der Waals surface area contributed by atoms with E-state index in [2.05, 4.69) is 22.8 Å². The van der Waals surface area contributed by atoms with Gasteiger partial charge in [-0.05, 0) is 48.0 Å². The zero-order valence-electron chi connectivity index (χ0n) is 14.2. The number of benzene rings is 2. The van der Waals surface area contributed by atoms with Crippen LogP contribution in [-0.2, 0) is 6.61 Å². The van der Waals surface area contributed by atoms with Gasteiger partial charge in [-0.15, -0.1) is 12.4 Å². The van der Waals surface area contributed by atoms with Crippen LogP contribution in [0.5, 0.6) is 5.75 Å². The molecule has 1 saturated heterocycles. The molecule has 0 bridgehead atoms. The van der Waals surface area contributed by atoms with Gasteiger partial charge in [0.15, 0.2) is 5.76 Å². The summed E-state index contributed by atoms with van der Waals surface area (Å²) >= 11 is 0. The molecule has 0 spiro atoms. The van der Waals surface area contributed by atoms with Gasteiger partial charge in [-0.1, -0.05) is 30.3 Å². The summed E-state index contributed by atoms with van der Waals surface area (Å²) in [7, 11) is 0. The van der Waals surface area contributed by atoms with Crippen molar-refractivity contribution in [3.8, 4) is 5.75 Å². The number of carbonyl (C=O) groups is 1. The van der Waals surface area contributed by atoms with Crippen molar-refractivity contribution in [2.45, 2.75) is 19.1 Å². The van der Waals surface area contributed by atoms with Crippen LogP contribution in [0, 0.1) is 0 Å². The molecule has 1 aliphatic heterocycles. The van der Waals surface area contributed by atoms with Crippen LogP contribution >= 0.6 is 12.4 Å². The van der Waals surface area contributed by atoms with Crippen LogP contribution < -0.4 is 15.4 Å². The largest absolute Gasteiger partial charge is 0.486 e. The Hall–Kier alpha value is -2.50. The van der Waals surface area contributed by atoms with E-state index in [4.69, 9.17) is 9.15 Å². The van der Waals surface area contributed by atoms with Crippen molar-refractivity contribution in [3.63, 3.8) is 0 Å². The second-order valence-electron chi connectivity index (χ2n) is 6.23. The normalized spacial score (nSPS) is 16.2. The molecule has 3 aromatic rings. The number of fused-ring (bicyclic) bond motifs is 1. The second-order valence-corrected chi connectivity index (χ2v) is 6.23. The predicted molar refractivity (Wildman–Crippen MR) is 103 cm³/mol. The van der Waals surface area contributed by atoms with E-state index in [9.17, 15) is 4.79 Å². The number of halogens is 1. The Labute approximate surface area is 158 Å². The number of hydrogen-bond donors (Lipinski definition) is 2. The third-order valence-corrected chi connectivity index (χ3v) is 4.38. The molecule has 6 heteroatoms. The van der Waals surface area contributed by atoms with Crippen molar-refractivity contribution in [1.82, 2.24) is 10.6 Å². The molecule has 5 nitrogen and oxygen atoms in total. The fourth-order valence-electron chi connectivity index (χ4n) is 3.02. The van der Waals surface area contributed by atoms with Crippen LogP contribution in [0.2, 0.25) is 0 Å². The van der Waals surface area contributed by atoms with Gasteiger partial charge in [0.2, 0.25) is 0 Å². The van der Waals surface area contributed by atoms with Gasteiger partial charge in [0.05, 0.1) is 0 Å². The Morgan fingerprint density at radius 2 is 2.00 bits per heavy atom. The smallest absolute Gasteiger partial charge is 0.287 e. The van der Waals surface area contributed by atoms with E-state index in [-0.39, 0.29) is 31.0 Å². The molecule has 1 unspecified atom stereocenters. The van der Waals surface area contributed by atoms with Gasteiger partial charge in [-0.25, -0.2) is 0 Å². The quantitative estimate of drug-likeness (QED) is 0.719. The Morgan fingerprint density at radius 1 is 1.15 bits per heavy atom. The molecule has 0 saturated carbocycles. The molecule has 26 heavy (non-hydrogen) atoms. The highest BCUT2D eigenvalue weighted by atomic mass is 35.5. The van der Waals surface area contributed by atoms with Gasteiger partial charge >= 0.3 is 0 Å². The van der Waals surface area contributed by atoms with E-state index in [0.717, 1.165) is 30.6 Å². The Balaban J connectivity index is 0.00000196. The molecule has 1 aromatic heterocycles. The molecule has 2 heterocycles. The van der Waals surface area contributed by atoms with Crippen LogP contribution in [0.1, 0.15) is 22.7 Å². The lowest BCUT2D eigenvalue weighted by atomic mass is 10.1. The predicted octanol–water partition coefficient (Wildman–Crippen LogP) is 3.53. The maximum Gasteiger partial charge on any atom is 0.287 e. The zero-order valence-corrected chi connectivity index (χ0v) is 15.1. The summed E-state index contributed by atoms with van der Waals surface area (Å²) in [6.45, 7) is 2.04. The van der Waals surface area contributed by atoms with Gasteiger partial charge < -0.3 is 19.8 Å². The summed E-state index contributed by atoms with van der Waals surface area (Å²) in [6, 6.07) is 17.7. The fourth-order valence-corrected chi connectivity index (χ4v) is 3.02. The van der Waals surface area contributed by atoms with Crippen molar-refractivity contribution < 1.29 is 13.9 Å². The van der Waals surface area contributed by atoms with E-state index >= 15 is 0 Å². The van der Waals surface area contributed by atoms with Crippen molar-refractivity contribution in [2.75, 3.05) is 13.1 Å². The molecule has 1 amide bonds. The van der Waals surface area contributed by atoms with Gasteiger partial charge in [-0.3, -0.25) is 4.79 Å². The molecule has 1 fully saturated rings. The van der Waals surface area contributed by atoms with E-state index in [1.54, 1.807) is 12.1 Å². The molecule has 0 radical (unpaired) electrons. The molecule has 1 aliphatic rings. The van der Waals surface area contributed by atoms with E-state index in [1.807, 2.05) is 30.3 Å². The standard InChI is InChI=1S/C20H20N2O3.ClH/c23-20(22-16-9-10-21-12-16)19-8-7-18(25-19)13-24-17-6-5-14-3-1-2-4-15(14)11-17;/h1-8,11,16,21H,9-10,12-13H2,(H,22,23);1H. The SMILES string of the molecule is Cl.O=C(NC1CCNC1)c1ccc(COc2ccc3ccccc3c2)o1. The molecular formula is C20H21ClN2O3. The lowest BCUT2D eigenvalue weighted by molar-refractivity contribution is 0.0908. The van der Waals surface area contributed by atoms with Gasteiger partial charge in [0, 0.05) is 12.6 Å². The average Bonchev–Trinajstić information content (AvgIpc) is 3.31. The summed E-state index contributed by atoms with van der Waals surface area (Å²) in [5, 5.41) is 8.49. The Kier molecular flexibility index (Phi) is 5.81. The number of ether oxygens (including phenoxy) is 1. The highest BCUT2D eigenvalue weighted by Gasteiger charge is 2.19. The van der Waals surface area contributed by atoms with Crippen molar-refractivity contribution in [3.05, 3.63) is 66.1 Å². The number of furan rings is 1. The van der Waals surface area contributed by atoms with Gasteiger partial charge in [-0.2, -0.15) is 0 Å². The molecule has 2 aromatic carbocycles. The summed E-state index contributed by atoms with van der Waals surface area (Å²) in [4.78, 5) is 12.2. The summed E-state index contributed by atoms with van der Waals surface area (Å²) in [5.41, 5.74) is 0. The lowest BCUT2D eigenvalue weighted by Crippen LogP contribution is -2.35. The summed E-state index contributed by atoms with van der Waals surface area (Å²) < 4.78 is 11.4. The van der Waals surface area contributed by atoms with Crippen LogP contribution in [0.25, 0.3) is 10.8 Å². The first-order valence-electron chi connectivity index (χ1n) is 8.50. The van der Waals surface area contributed by atoms with Crippen LogP contribution in [-0.4, -0.2) is 25.0 Å². The highest BCUT2D eigenvalue weighted by molar-refractivity contribution is 5.91. The van der Waals surface area contributed by atoms with Gasteiger partial charge in [0.1, 0.15) is 18.1 Å². The van der Waals surface area contributed by atoms with Crippen LogP contribution in [0.4, 0.5) is 0 Å². The number of nitrogens with one attached hydrogen (secondary N) is 2. The van der Waals surface area contributed by atoms with Crippen molar-refractivity contribution >= 4 is 29.1 Å². The van der Waals surface area contributed by atoms with Crippen molar-refractivity contribution in [1.29, 1.82) is 0 Å². The number of rotatable bonds is 5. The van der Waals surface area contributed by atoms with E-state index in [0.29, 0.717) is 11.5 Å². The number of hydrogen-bond acceptors (Lipinski definition) is 4. The average molecular weight is 373 g/mol. The monoisotopic (exact) mass is 372 g/mol. The first kappa shape index (κ1) is 18.3. The summed E-state index contributed by atoms with van der Waals surface area (Å²) in [6.07, 6.45) is 0.949. The highest BCUT2D eigenvalue weighted by Crippen LogP contribution is 2.21. The maximum absolute atomic E-state index is 12.2. The fraction of sp³-hybridized carbons (Fsp3) is 0.250. The van der Waals surface area contributed by atoms with Gasteiger partial charge in [0.25, 0.3) is 5.91 Å². The lowest BCUT2D eigenvalue weighted by Gasteiger charge is -2.09. The minimum Gasteiger partial charge on any atom is -0.486 e. The van der Waals surface area contributed by atoms with E-state index < -0.39 is 0 Å². The molecule has 1 atom stereocenters. The van der Waals surface area contributed by atoms with Crippen LogP contribution in [0.3, 0.4) is 0 Å². The third-order valence-electron chi connectivity index (χ3n) is 4.38. The zero-order chi connectivity index (χ0) is 17.1. The summed E-state index contributed by atoms with van der Waals surface area (Å²) in [5.74, 6) is 1.55. The van der Waals surface area contributed by atoms with Crippen LogP contribution in [0.15, 0.2) is 59.0 Å². The molecule has 4 rings (SSSR count). The number of carbonyl (C=O) groups excluding carboxylic acids is 1. The molecule has 2 N–H and O–H groups in total. The second kappa shape index (κ2) is 8.25. The number of amides is 1. The Morgan fingerprint density at radius 3 is 2.81 bits per heavy atom. The minimum atomic E-state index is -0.175. The van der Waals surface area contributed by atoms with E-state index in [1.165, 1.54) is 5.39 Å². The van der Waals surface area contributed by atoms with Crippen molar-refractivity contribution in [2.24, 2.45) is 0 Å². The molecule has 136 valence electrons. The molecule has 0 aliphatic carbocycles. The first-order valence-corrected chi connectivity index (χ1v) is 8.50. The Bertz CT molecular complexity index is 887. The minimum absolute atomic E-state index is 0. The first-order chi connectivity index (χ1) is 12.3. The molecular weight excluding hydrogens is 352 g/mol. The third kappa shape index (κ3) is 4.18.